The van der Waals surface area contributed by atoms with Crippen molar-refractivity contribution in [1.82, 2.24) is 14.9 Å². The molecule has 0 radical (unpaired) electrons. The summed E-state index contributed by atoms with van der Waals surface area (Å²) in [6, 6.07) is 5.78. The Morgan fingerprint density at radius 1 is 1.39 bits per heavy atom. The molecule has 0 bridgehead atoms. The van der Waals surface area contributed by atoms with Gasteiger partial charge in [-0.15, -0.1) is 0 Å². The fourth-order valence-electron chi connectivity index (χ4n) is 1.39. The Kier molecular flexibility index (Phi) is 3.21. The van der Waals surface area contributed by atoms with Gasteiger partial charge in [-0.2, -0.15) is 5.10 Å². The summed E-state index contributed by atoms with van der Waals surface area (Å²) in [5, 5.41) is 15.4. The van der Waals surface area contributed by atoms with Gasteiger partial charge in [0.25, 0.3) is 10.0 Å². The van der Waals surface area contributed by atoms with Gasteiger partial charge in [-0.3, -0.25) is 5.10 Å². The van der Waals surface area contributed by atoms with Crippen LogP contribution in [0.2, 0.25) is 0 Å². The third-order valence-corrected chi connectivity index (χ3v) is 3.65. The van der Waals surface area contributed by atoms with Crippen molar-refractivity contribution in [3.63, 3.8) is 0 Å². The Morgan fingerprint density at radius 3 is 2.83 bits per heavy atom. The first-order valence-corrected chi connectivity index (χ1v) is 6.54. The lowest BCUT2D eigenvalue weighted by Crippen LogP contribution is -2.23. The summed E-state index contributed by atoms with van der Waals surface area (Å²) in [6.07, 6.45) is 1.34. The summed E-state index contributed by atoms with van der Waals surface area (Å²) in [6.45, 7) is -0.0573. The number of nitrogens with one attached hydrogen (secondary N) is 2. The predicted molar refractivity (Wildman–Crippen MR) is 65.1 cm³/mol. The minimum absolute atomic E-state index is 0.0171. The molecule has 0 saturated carbocycles. The summed E-state index contributed by atoms with van der Waals surface area (Å²) in [4.78, 5) is 0. The highest BCUT2D eigenvalue weighted by atomic mass is 32.2. The van der Waals surface area contributed by atoms with Crippen molar-refractivity contribution in [2.75, 3.05) is 5.73 Å². The zero-order valence-corrected chi connectivity index (χ0v) is 10.1. The molecule has 5 N–H and O–H groups in total. The van der Waals surface area contributed by atoms with E-state index in [9.17, 15) is 13.5 Å². The Balaban J connectivity index is 2.15. The van der Waals surface area contributed by atoms with E-state index in [4.69, 9.17) is 5.73 Å². The fraction of sp³-hybridized carbons (Fsp3) is 0.100. The van der Waals surface area contributed by atoms with Crippen LogP contribution in [0.25, 0.3) is 0 Å². The lowest BCUT2D eigenvalue weighted by atomic mass is 10.2. The van der Waals surface area contributed by atoms with Crippen LogP contribution in [0.15, 0.2) is 35.5 Å². The lowest BCUT2D eigenvalue weighted by Gasteiger charge is -2.07. The van der Waals surface area contributed by atoms with Gasteiger partial charge in [-0.05, 0) is 24.3 Å². The largest absolute Gasteiger partial charge is 0.508 e. The van der Waals surface area contributed by atoms with Gasteiger partial charge >= 0.3 is 0 Å². The molecule has 18 heavy (non-hydrogen) atoms. The molecule has 0 aliphatic heterocycles. The van der Waals surface area contributed by atoms with Crippen LogP contribution in [0.5, 0.6) is 5.75 Å². The summed E-state index contributed by atoms with van der Waals surface area (Å²) in [5.74, 6) is -0.0171. The number of nitrogen functional groups attached to an aromatic ring is 1. The molecule has 0 amide bonds. The van der Waals surface area contributed by atoms with E-state index >= 15 is 0 Å². The van der Waals surface area contributed by atoms with Crippen LogP contribution in [0.1, 0.15) is 5.56 Å². The van der Waals surface area contributed by atoms with Crippen molar-refractivity contribution in [3.05, 3.63) is 36.0 Å². The number of benzene rings is 1. The van der Waals surface area contributed by atoms with Crippen molar-refractivity contribution in [2.45, 2.75) is 11.6 Å². The van der Waals surface area contributed by atoms with Gasteiger partial charge in [0.05, 0.1) is 6.20 Å². The van der Waals surface area contributed by atoms with Crippen molar-refractivity contribution in [3.8, 4) is 5.75 Å². The number of phenolic OH excluding ortho intramolecular Hbond substituents is 1. The average molecular weight is 268 g/mol. The van der Waals surface area contributed by atoms with Gasteiger partial charge in [0.15, 0.2) is 5.03 Å². The van der Waals surface area contributed by atoms with E-state index in [1.54, 1.807) is 0 Å². The number of rotatable bonds is 4. The average Bonchev–Trinajstić information content (AvgIpc) is 2.85. The van der Waals surface area contributed by atoms with Gasteiger partial charge in [0.2, 0.25) is 0 Å². The number of H-pyrrole nitrogens is 1. The summed E-state index contributed by atoms with van der Waals surface area (Å²) in [7, 11) is -3.66. The Bertz CT molecular complexity index is 637. The number of nitrogens with zero attached hydrogens (tertiary/aromatic N) is 1. The van der Waals surface area contributed by atoms with Crippen LogP contribution in [0.4, 0.5) is 5.69 Å². The van der Waals surface area contributed by atoms with Crippen LogP contribution in [-0.4, -0.2) is 23.7 Å². The first-order chi connectivity index (χ1) is 8.49. The van der Waals surface area contributed by atoms with Crippen LogP contribution < -0.4 is 10.5 Å². The number of nitrogens with two attached hydrogens (primary N) is 1. The van der Waals surface area contributed by atoms with Crippen molar-refractivity contribution in [1.29, 1.82) is 0 Å². The highest BCUT2D eigenvalue weighted by Crippen LogP contribution is 2.19. The second kappa shape index (κ2) is 4.67. The highest BCUT2D eigenvalue weighted by Gasteiger charge is 2.15. The molecule has 7 nitrogen and oxygen atoms in total. The number of sulfonamides is 1. The molecular weight excluding hydrogens is 256 g/mol. The number of aromatic hydroxyl groups is 1. The van der Waals surface area contributed by atoms with Crippen LogP contribution in [0, 0.1) is 0 Å². The maximum Gasteiger partial charge on any atom is 0.257 e. The highest BCUT2D eigenvalue weighted by molar-refractivity contribution is 7.89. The van der Waals surface area contributed by atoms with E-state index in [1.165, 1.54) is 30.5 Å². The Hall–Kier alpha value is -2.06. The first-order valence-electron chi connectivity index (χ1n) is 5.05. The number of anilines is 1. The van der Waals surface area contributed by atoms with E-state index in [-0.39, 0.29) is 17.3 Å². The second-order valence-electron chi connectivity index (χ2n) is 3.63. The molecule has 0 aliphatic rings. The lowest BCUT2D eigenvalue weighted by molar-refractivity contribution is 0.467. The maximum atomic E-state index is 11.8. The van der Waals surface area contributed by atoms with Crippen molar-refractivity contribution in [2.24, 2.45) is 0 Å². The predicted octanol–water partition coefficient (Wildman–Crippen LogP) is 0.176. The van der Waals surface area contributed by atoms with Gasteiger partial charge < -0.3 is 10.8 Å². The van der Waals surface area contributed by atoms with Gasteiger partial charge in [-0.25, -0.2) is 13.1 Å². The van der Waals surface area contributed by atoms with Crippen molar-refractivity contribution >= 4 is 15.7 Å². The summed E-state index contributed by atoms with van der Waals surface area (Å²) < 4.78 is 25.9. The summed E-state index contributed by atoms with van der Waals surface area (Å²) >= 11 is 0. The zero-order valence-electron chi connectivity index (χ0n) is 9.29. The molecule has 1 aromatic heterocycles. The van der Waals surface area contributed by atoms with E-state index in [1.807, 2.05) is 0 Å². The second-order valence-corrected chi connectivity index (χ2v) is 5.37. The third-order valence-electron chi connectivity index (χ3n) is 2.32. The molecule has 0 spiro atoms. The molecule has 0 fully saturated rings. The van der Waals surface area contributed by atoms with Crippen LogP contribution >= 0.6 is 0 Å². The SMILES string of the molecule is Nc1ccc(O)c(CNS(=O)(=O)c2ccn[nH]2)c1. The molecular formula is C10H12N4O3S. The normalized spacial score (nSPS) is 11.6. The molecule has 1 heterocycles. The molecule has 0 saturated heterocycles. The summed E-state index contributed by atoms with van der Waals surface area (Å²) in [5.41, 5.74) is 6.41. The first kappa shape index (κ1) is 12.4. The van der Waals surface area contributed by atoms with E-state index in [0.717, 1.165) is 0 Å². The zero-order chi connectivity index (χ0) is 13.2. The molecule has 1 aromatic carbocycles. The standard InChI is InChI=1S/C10H12N4O3S/c11-8-1-2-9(15)7(5-8)6-13-18(16,17)10-3-4-12-14-10/h1-5,13,15H,6,11H2,(H,12,14). The minimum atomic E-state index is -3.66. The quantitative estimate of drug-likeness (QED) is 0.465. The number of hydrogen-bond acceptors (Lipinski definition) is 5. The molecule has 2 aromatic rings. The molecule has 96 valence electrons. The third kappa shape index (κ3) is 2.60. The molecule has 0 unspecified atom stereocenters. The van der Waals surface area contributed by atoms with Gasteiger partial charge in [0.1, 0.15) is 5.75 Å². The maximum absolute atomic E-state index is 11.8. The van der Waals surface area contributed by atoms with Gasteiger partial charge in [-0.1, -0.05) is 0 Å². The number of aromatic amines is 1. The van der Waals surface area contributed by atoms with Crippen LogP contribution in [-0.2, 0) is 16.6 Å². The Morgan fingerprint density at radius 2 is 2.17 bits per heavy atom. The van der Waals surface area contributed by atoms with Crippen molar-refractivity contribution < 1.29 is 13.5 Å². The smallest absolute Gasteiger partial charge is 0.257 e. The Labute approximate surface area is 104 Å². The molecule has 2 rings (SSSR count). The van der Waals surface area contributed by atoms with Crippen LogP contribution in [0.3, 0.4) is 0 Å². The van der Waals surface area contributed by atoms with Gasteiger partial charge in [0, 0.05) is 17.8 Å². The minimum Gasteiger partial charge on any atom is -0.508 e. The number of aromatic nitrogens is 2. The monoisotopic (exact) mass is 268 g/mol. The fourth-order valence-corrected chi connectivity index (χ4v) is 2.30. The molecule has 8 heteroatoms. The number of hydrogen-bond donors (Lipinski definition) is 4. The molecule has 0 aliphatic carbocycles. The van der Waals surface area contributed by atoms with E-state index in [0.29, 0.717) is 11.3 Å². The molecule has 0 atom stereocenters. The number of phenols is 1. The topological polar surface area (TPSA) is 121 Å². The van der Waals surface area contributed by atoms with E-state index in [2.05, 4.69) is 14.9 Å². The van der Waals surface area contributed by atoms with E-state index < -0.39 is 10.0 Å².